The zero-order valence-corrected chi connectivity index (χ0v) is 10.7. The van der Waals surface area contributed by atoms with Crippen LogP contribution >= 0.6 is 0 Å². The lowest BCUT2D eigenvalue weighted by Crippen LogP contribution is -2.27. The van der Waals surface area contributed by atoms with Crippen molar-refractivity contribution in [2.45, 2.75) is 44.7 Å². The van der Waals surface area contributed by atoms with E-state index >= 15 is 0 Å². The van der Waals surface area contributed by atoms with Crippen LogP contribution in [-0.4, -0.2) is 5.67 Å². The Morgan fingerprint density at radius 2 is 2.24 bits per heavy atom. The van der Waals surface area contributed by atoms with Gasteiger partial charge in [0.1, 0.15) is 5.67 Å². The highest BCUT2D eigenvalue weighted by atomic mass is 19.1. The molecule has 1 heteroatoms. The van der Waals surface area contributed by atoms with Crippen LogP contribution in [0.15, 0.2) is 36.9 Å². The molecule has 0 bridgehead atoms. The van der Waals surface area contributed by atoms with Crippen LogP contribution in [0.3, 0.4) is 0 Å². The van der Waals surface area contributed by atoms with E-state index in [1.807, 2.05) is 6.07 Å². The lowest BCUT2D eigenvalue weighted by Gasteiger charge is -2.28. The minimum Gasteiger partial charge on any atom is -0.239 e. The van der Waals surface area contributed by atoms with E-state index in [-0.39, 0.29) is 5.92 Å². The van der Waals surface area contributed by atoms with E-state index < -0.39 is 5.67 Å². The summed E-state index contributed by atoms with van der Waals surface area (Å²) in [6.45, 7) is 7.44. The summed E-state index contributed by atoms with van der Waals surface area (Å²) >= 11 is 0. The van der Waals surface area contributed by atoms with Crippen molar-refractivity contribution in [2.75, 3.05) is 0 Å². The molecular weight excluding hydrogens is 211 g/mol. The molecule has 0 radical (unpaired) electrons. The number of alkyl halides is 1. The van der Waals surface area contributed by atoms with Gasteiger partial charge in [-0.1, -0.05) is 43.8 Å². The topological polar surface area (TPSA) is 0 Å². The van der Waals surface area contributed by atoms with Crippen molar-refractivity contribution >= 4 is 0 Å². The molecule has 1 aromatic rings. The molecule has 0 amide bonds. The van der Waals surface area contributed by atoms with Gasteiger partial charge in [-0.3, -0.25) is 0 Å². The maximum atomic E-state index is 14.6. The lowest BCUT2D eigenvalue weighted by molar-refractivity contribution is 0.193. The number of hydrogen-bond donors (Lipinski definition) is 0. The molecule has 0 aromatic heterocycles. The largest absolute Gasteiger partial charge is 0.239 e. The maximum absolute atomic E-state index is 14.6. The van der Waals surface area contributed by atoms with Gasteiger partial charge in [-0.25, -0.2) is 4.39 Å². The number of hydrogen-bond acceptors (Lipinski definition) is 0. The zero-order valence-electron chi connectivity index (χ0n) is 10.7. The molecule has 17 heavy (non-hydrogen) atoms. The minimum absolute atomic E-state index is 0.0218. The molecule has 2 atom stereocenters. The van der Waals surface area contributed by atoms with Gasteiger partial charge in [-0.2, -0.15) is 0 Å². The monoisotopic (exact) mass is 232 g/mol. The molecule has 2 rings (SSSR count). The quantitative estimate of drug-likeness (QED) is 0.648. The number of rotatable bonds is 5. The Hall–Kier alpha value is -1.11. The number of allylic oxidation sites excluding steroid dienone is 1. The van der Waals surface area contributed by atoms with Crippen molar-refractivity contribution in [1.29, 1.82) is 0 Å². The van der Waals surface area contributed by atoms with Gasteiger partial charge in [0.25, 0.3) is 0 Å². The second-order valence-corrected chi connectivity index (χ2v) is 5.27. The van der Waals surface area contributed by atoms with E-state index in [1.54, 1.807) is 6.92 Å². The Balaban J connectivity index is 2.35. The Bertz CT molecular complexity index is 402. The van der Waals surface area contributed by atoms with Crippen molar-refractivity contribution in [3.8, 4) is 0 Å². The third-order valence-electron chi connectivity index (χ3n) is 3.82. The van der Waals surface area contributed by atoms with E-state index in [0.717, 1.165) is 24.8 Å². The first kappa shape index (κ1) is 12.3. The van der Waals surface area contributed by atoms with E-state index in [1.165, 1.54) is 11.6 Å². The summed E-state index contributed by atoms with van der Waals surface area (Å²) in [5.74, 6) is 0.474. The standard InChI is InChI=1S/C16H21F/c1-4-12-7-6-8-14(11-12)15(13-9-10-13)16(3,17)5-2/h5-8,11,13,15H,2,4,9-10H2,1,3H3. The molecule has 0 saturated heterocycles. The molecule has 1 aromatic carbocycles. The summed E-state index contributed by atoms with van der Waals surface area (Å²) in [5, 5.41) is 0. The van der Waals surface area contributed by atoms with Gasteiger partial charge in [-0.15, -0.1) is 0 Å². The fraction of sp³-hybridized carbons (Fsp3) is 0.500. The second kappa shape index (κ2) is 4.64. The number of aryl methyl sites for hydroxylation is 1. The van der Waals surface area contributed by atoms with Gasteiger partial charge in [0.05, 0.1) is 0 Å². The van der Waals surface area contributed by atoms with Crippen LogP contribution in [0.1, 0.15) is 43.7 Å². The van der Waals surface area contributed by atoms with E-state index in [2.05, 4.69) is 31.7 Å². The van der Waals surface area contributed by atoms with Gasteiger partial charge < -0.3 is 0 Å². The third kappa shape index (κ3) is 2.59. The van der Waals surface area contributed by atoms with Gasteiger partial charge in [0.2, 0.25) is 0 Å². The van der Waals surface area contributed by atoms with Crippen molar-refractivity contribution in [3.63, 3.8) is 0 Å². The van der Waals surface area contributed by atoms with Crippen LogP contribution in [0.4, 0.5) is 4.39 Å². The number of benzene rings is 1. The summed E-state index contributed by atoms with van der Waals surface area (Å²) in [4.78, 5) is 0. The normalized spacial score (nSPS) is 20.6. The average molecular weight is 232 g/mol. The predicted molar refractivity (Wildman–Crippen MR) is 71.0 cm³/mol. The fourth-order valence-corrected chi connectivity index (χ4v) is 2.62. The summed E-state index contributed by atoms with van der Waals surface area (Å²) < 4.78 is 14.6. The van der Waals surface area contributed by atoms with Gasteiger partial charge in [0.15, 0.2) is 0 Å². The number of halogens is 1. The SMILES string of the molecule is C=CC(C)(F)C(c1cccc(CC)c1)C1CC1. The molecule has 0 spiro atoms. The third-order valence-corrected chi connectivity index (χ3v) is 3.82. The van der Waals surface area contributed by atoms with Gasteiger partial charge >= 0.3 is 0 Å². The molecule has 1 saturated carbocycles. The van der Waals surface area contributed by atoms with Crippen molar-refractivity contribution in [3.05, 3.63) is 48.0 Å². The van der Waals surface area contributed by atoms with E-state index in [9.17, 15) is 4.39 Å². The average Bonchev–Trinajstić information content (AvgIpc) is 3.14. The molecule has 0 nitrogen and oxygen atoms in total. The molecule has 0 aliphatic heterocycles. The van der Waals surface area contributed by atoms with E-state index in [0.29, 0.717) is 5.92 Å². The summed E-state index contributed by atoms with van der Waals surface area (Å²) in [5.41, 5.74) is 1.12. The predicted octanol–water partition coefficient (Wildman–Crippen LogP) is 4.66. The highest BCUT2D eigenvalue weighted by molar-refractivity contribution is 5.31. The van der Waals surface area contributed by atoms with Crippen LogP contribution in [0, 0.1) is 5.92 Å². The van der Waals surface area contributed by atoms with Gasteiger partial charge in [0, 0.05) is 5.92 Å². The van der Waals surface area contributed by atoms with Crippen molar-refractivity contribution in [2.24, 2.45) is 5.92 Å². The summed E-state index contributed by atoms with van der Waals surface area (Å²) in [7, 11) is 0. The molecule has 1 aliphatic rings. The van der Waals surface area contributed by atoms with E-state index in [4.69, 9.17) is 0 Å². The lowest BCUT2D eigenvalue weighted by atomic mass is 9.80. The fourth-order valence-electron chi connectivity index (χ4n) is 2.62. The van der Waals surface area contributed by atoms with Crippen LogP contribution in [0.5, 0.6) is 0 Å². The molecular formula is C16H21F. The maximum Gasteiger partial charge on any atom is 0.133 e. The summed E-state index contributed by atoms with van der Waals surface area (Å²) in [6, 6.07) is 8.37. The Morgan fingerprint density at radius 3 is 2.76 bits per heavy atom. The highest BCUT2D eigenvalue weighted by Crippen LogP contribution is 2.50. The second-order valence-electron chi connectivity index (χ2n) is 5.27. The van der Waals surface area contributed by atoms with Crippen LogP contribution in [-0.2, 0) is 6.42 Å². The highest BCUT2D eigenvalue weighted by Gasteiger charge is 2.43. The smallest absolute Gasteiger partial charge is 0.133 e. The van der Waals surface area contributed by atoms with Crippen molar-refractivity contribution in [1.82, 2.24) is 0 Å². The molecule has 92 valence electrons. The first-order valence-electron chi connectivity index (χ1n) is 6.50. The Kier molecular flexibility index (Phi) is 3.37. The Labute approximate surface area is 104 Å². The van der Waals surface area contributed by atoms with Crippen molar-refractivity contribution < 1.29 is 4.39 Å². The van der Waals surface area contributed by atoms with Crippen LogP contribution in [0.2, 0.25) is 0 Å². The Morgan fingerprint density at radius 1 is 1.53 bits per heavy atom. The zero-order chi connectivity index (χ0) is 12.5. The van der Waals surface area contributed by atoms with Crippen LogP contribution < -0.4 is 0 Å². The summed E-state index contributed by atoms with van der Waals surface area (Å²) in [6.07, 6.45) is 4.76. The minimum atomic E-state index is -1.30. The first-order chi connectivity index (χ1) is 8.08. The molecule has 1 aliphatic carbocycles. The van der Waals surface area contributed by atoms with Crippen LogP contribution in [0.25, 0.3) is 0 Å². The molecule has 0 heterocycles. The molecule has 1 fully saturated rings. The molecule has 0 N–H and O–H groups in total. The first-order valence-corrected chi connectivity index (χ1v) is 6.50. The van der Waals surface area contributed by atoms with Gasteiger partial charge in [-0.05, 0) is 43.2 Å². The molecule has 2 unspecified atom stereocenters.